The van der Waals surface area contributed by atoms with Gasteiger partial charge >= 0.3 is 12.0 Å². The average molecular weight is 348 g/mol. The van der Waals surface area contributed by atoms with E-state index >= 15 is 0 Å². The number of nitrogens with one attached hydrogen (secondary N) is 2. The van der Waals surface area contributed by atoms with Crippen molar-refractivity contribution in [3.8, 4) is 0 Å². The van der Waals surface area contributed by atoms with Crippen LogP contribution in [0.4, 0.5) is 9.18 Å². The first-order valence-corrected chi connectivity index (χ1v) is 9.00. The second-order valence-corrected chi connectivity index (χ2v) is 7.33. The van der Waals surface area contributed by atoms with Crippen molar-refractivity contribution in [2.45, 2.75) is 57.5 Å². The molecule has 1 unspecified atom stereocenters. The monoisotopic (exact) mass is 348 g/mol. The summed E-state index contributed by atoms with van der Waals surface area (Å²) in [7, 11) is 0. The Hall–Kier alpha value is -2.11. The van der Waals surface area contributed by atoms with E-state index in [1.165, 1.54) is 6.07 Å². The fourth-order valence-electron chi connectivity index (χ4n) is 3.62. The maximum absolute atomic E-state index is 13.5. The molecule has 2 amide bonds. The van der Waals surface area contributed by atoms with E-state index in [9.17, 15) is 14.0 Å². The molecule has 2 aliphatic rings. The van der Waals surface area contributed by atoms with Crippen LogP contribution in [0.3, 0.4) is 0 Å². The number of halogens is 1. The van der Waals surface area contributed by atoms with E-state index in [1.807, 2.05) is 0 Å². The zero-order valence-electron chi connectivity index (χ0n) is 14.4. The molecule has 3 rings (SSSR count). The standard InChI is InChI=1S/C19H25FN2O3/c1-11-10-14(6-9-16(11)20)17(12-2-3-12)22-19(25)21-15-7-4-13(5-8-15)18(23)24/h6,9-10,12-13,15,17H,2-5,7-8H2,1H3,(H,23,24)(H2,21,22,25). The van der Waals surface area contributed by atoms with Crippen molar-refractivity contribution in [2.24, 2.45) is 11.8 Å². The summed E-state index contributed by atoms with van der Waals surface area (Å²) in [5.74, 6) is -0.873. The first kappa shape index (κ1) is 17.7. The van der Waals surface area contributed by atoms with Gasteiger partial charge in [0.15, 0.2) is 0 Å². The van der Waals surface area contributed by atoms with Crippen LogP contribution in [-0.4, -0.2) is 23.1 Å². The maximum atomic E-state index is 13.5. The van der Waals surface area contributed by atoms with E-state index in [0.717, 1.165) is 18.4 Å². The van der Waals surface area contributed by atoms with Crippen molar-refractivity contribution in [1.29, 1.82) is 0 Å². The minimum atomic E-state index is -0.747. The predicted molar refractivity (Wildman–Crippen MR) is 91.7 cm³/mol. The van der Waals surface area contributed by atoms with Crippen LogP contribution in [0, 0.1) is 24.6 Å². The molecule has 2 fully saturated rings. The summed E-state index contributed by atoms with van der Waals surface area (Å²) in [4.78, 5) is 23.4. The molecule has 1 aromatic carbocycles. The molecule has 0 heterocycles. The summed E-state index contributed by atoms with van der Waals surface area (Å²) < 4.78 is 13.5. The molecule has 2 aliphatic carbocycles. The Bertz CT molecular complexity index is 652. The minimum absolute atomic E-state index is 0.0189. The number of carbonyl (C=O) groups excluding carboxylic acids is 1. The van der Waals surface area contributed by atoms with Gasteiger partial charge in [-0.05, 0) is 68.6 Å². The first-order chi connectivity index (χ1) is 11.9. The molecule has 0 spiro atoms. The lowest BCUT2D eigenvalue weighted by Gasteiger charge is -2.28. The van der Waals surface area contributed by atoms with Gasteiger partial charge < -0.3 is 15.7 Å². The number of aryl methyl sites for hydroxylation is 1. The maximum Gasteiger partial charge on any atom is 0.315 e. The third kappa shape index (κ3) is 4.50. The quantitative estimate of drug-likeness (QED) is 0.762. The fourth-order valence-corrected chi connectivity index (χ4v) is 3.62. The van der Waals surface area contributed by atoms with Crippen LogP contribution in [0.15, 0.2) is 18.2 Å². The highest BCUT2D eigenvalue weighted by molar-refractivity contribution is 5.75. The number of urea groups is 1. The molecular formula is C19H25FN2O3. The van der Waals surface area contributed by atoms with E-state index in [2.05, 4.69) is 10.6 Å². The molecule has 136 valence electrons. The smallest absolute Gasteiger partial charge is 0.315 e. The number of benzene rings is 1. The van der Waals surface area contributed by atoms with Crippen LogP contribution in [0.2, 0.25) is 0 Å². The molecule has 0 radical (unpaired) electrons. The van der Waals surface area contributed by atoms with Crippen molar-refractivity contribution < 1.29 is 19.1 Å². The predicted octanol–water partition coefficient (Wildman–Crippen LogP) is 3.53. The van der Waals surface area contributed by atoms with Crippen LogP contribution >= 0.6 is 0 Å². The van der Waals surface area contributed by atoms with Crippen LogP contribution in [-0.2, 0) is 4.79 Å². The molecule has 0 bridgehead atoms. The van der Waals surface area contributed by atoms with E-state index in [-0.39, 0.29) is 29.8 Å². The lowest BCUT2D eigenvalue weighted by Crippen LogP contribution is -2.45. The van der Waals surface area contributed by atoms with Gasteiger partial charge in [0.25, 0.3) is 0 Å². The van der Waals surface area contributed by atoms with Gasteiger partial charge in [0.1, 0.15) is 5.82 Å². The first-order valence-electron chi connectivity index (χ1n) is 9.00. The second kappa shape index (κ2) is 7.42. The number of hydrogen-bond acceptors (Lipinski definition) is 2. The van der Waals surface area contributed by atoms with Gasteiger partial charge in [-0.3, -0.25) is 4.79 Å². The molecule has 0 aliphatic heterocycles. The van der Waals surface area contributed by atoms with Crippen molar-refractivity contribution in [3.05, 3.63) is 35.1 Å². The summed E-state index contributed by atoms with van der Waals surface area (Å²) >= 11 is 0. The van der Waals surface area contributed by atoms with E-state index in [4.69, 9.17) is 5.11 Å². The molecule has 1 aromatic rings. The minimum Gasteiger partial charge on any atom is -0.481 e. The molecule has 5 nitrogen and oxygen atoms in total. The molecular weight excluding hydrogens is 323 g/mol. The fraction of sp³-hybridized carbons (Fsp3) is 0.579. The average Bonchev–Trinajstić information content (AvgIpc) is 3.40. The summed E-state index contributed by atoms with van der Waals surface area (Å²) in [6.45, 7) is 1.73. The summed E-state index contributed by atoms with van der Waals surface area (Å²) in [5.41, 5.74) is 1.52. The van der Waals surface area contributed by atoms with Gasteiger partial charge in [0.2, 0.25) is 0 Å². The Morgan fingerprint density at radius 1 is 1.16 bits per heavy atom. The second-order valence-electron chi connectivity index (χ2n) is 7.33. The number of hydrogen-bond donors (Lipinski definition) is 3. The number of carbonyl (C=O) groups is 2. The highest BCUT2D eigenvalue weighted by Crippen LogP contribution is 2.41. The number of rotatable bonds is 5. The molecule has 0 aromatic heterocycles. The SMILES string of the molecule is Cc1cc(C(NC(=O)NC2CCC(C(=O)O)CC2)C2CC2)ccc1F. The molecule has 1 atom stereocenters. The van der Waals surface area contributed by atoms with Gasteiger partial charge in [-0.2, -0.15) is 0 Å². The van der Waals surface area contributed by atoms with Crippen molar-refractivity contribution in [3.63, 3.8) is 0 Å². The zero-order valence-corrected chi connectivity index (χ0v) is 14.4. The van der Waals surface area contributed by atoms with Crippen LogP contribution < -0.4 is 10.6 Å². The van der Waals surface area contributed by atoms with E-state index < -0.39 is 5.97 Å². The van der Waals surface area contributed by atoms with E-state index in [1.54, 1.807) is 19.1 Å². The van der Waals surface area contributed by atoms with Crippen LogP contribution in [0.1, 0.15) is 55.7 Å². The number of aliphatic carboxylic acids is 1. The van der Waals surface area contributed by atoms with Gasteiger partial charge in [-0.25, -0.2) is 9.18 Å². The largest absolute Gasteiger partial charge is 0.481 e. The zero-order chi connectivity index (χ0) is 18.0. The van der Waals surface area contributed by atoms with Crippen LogP contribution in [0.25, 0.3) is 0 Å². The summed E-state index contributed by atoms with van der Waals surface area (Å²) in [5, 5.41) is 15.0. The highest BCUT2D eigenvalue weighted by Gasteiger charge is 2.34. The van der Waals surface area contributed by atoms with Gasteiger partial charge in [-0.1, -0.05) is 12.1 Å². The summed E-state index contributed by atoms with van der Waals surface area (Å²) in [6.07, 6.45) is 4.70. The van der Waals surface area contributed by atoms with Crippen molar-refractivity contribution >= 4 is 12.0 Å². The molecule has 3 N–H and O–H groups in total. The molecule has 0 saturated heterocycles. The Balaban J connectivity index is 1.57. The Labute approximate surface area is 147 Å². The Kier molecular flexibility index (Phi) is 5.25. The summed E-state index contributed by atoms with van der Waals surface area (Å²) in [6, 6.07) is 4.69. The lowest BCUT2D eigenvalue weighted by molar-refractivity contribution is -0.142. The Morgan fingerprint density at radius 2 is 1.84 bits per heavy atom. The number of carboxylic acids is 1. The number of amides is 2. The normalized spacial score (nSPS) is 24.4. The third-order valence-electron chi connectivity index (χ3n) is 5.33. The molecule has 25 heavy (non-hydrogen) atoms. The molecule has 2 saturated carbocycles. The topological polar surface area (TPSA) is 78.4 Å². The van der Waals surface area contributed by atoms with Gasteiger partial charge in [0.05, 0.1) is 12.0 Å². The third-order valence-corrected chi connectivity index (χ3v) is 5.33. The van der Waals surface area contributed by atoms with Crippen LogP contribution in [0.5, 0.6) is 0 Å². The van der Waals surface area contributed by atoms with Gasteiger partial charge in [-0.15, -0.1) is 0 Å². The van der Waals surface area contributed by atoms with Gasteiger partial charge in [0, 0.05) is 6.04 Å². The van der Waals surface area contributed by atoms with Crippen molar-refractivity contribution in [1.82, 2.24) is 10.6 Å². The van der Waals surface area contributed by atoms with Crippen molar-refractivity contribution in [2.75, 3.05) is 0 Å². The highest BCUT2D eigenvalue weighted by atomic mass is 19.1. The number of carboxylic acid groups (broad SMARTS) is 1. The van der Waals surface area contributed by atoms with E-state index in [0.29, 0.717) is 37.2 Å². The lowest BCUT2D eigenvalue weighted by atomic mass is 9.86. The Morgan fingerprint density at radius 3 is 2.40 bits per heavy atom. The molecule has 6 heteroatoms.